The third kappa shape index (κ3) is 5.31. The number of likely N-dealkylation sites (tertiary alicyclic amines) is 1. The minimum absolute atomic E-state index is 0. The highest BCUT2D eigenvalue weighted by Crippen LogP contribution is 2.27. The normalized spacial score (nSPS) is 20.9. The van der Waals surface area contributed by atoms with Crippen LogP contribution in [0.15, 0.2) is 11.3 Å². The van der Waals surface area contributed by atoms with Gasteiger partial charge in [0.1, 0.15) is 12.9 Å². The number of hydrogen-bond donors (Lipinski definition) is 2. The quantitative estimate of drug-likeness (QED) is 0.381. The van der Waals surface area contributed by atoms with Crippen LogP contribution in [-0.2, 0) is 18.4 Å². The lowest BCUT2D eigenvalue weighted by Crippen LogP contribution is -2.45. The van der Waals surface area contributed by atoms with E-state index in [9.17, 15) is 4.79 Å². The molecule has 1 aromatic heterocycles. The topological polar surface area (TPSA) is 87.4 Å². The lowest BCUT2D eigenvalue weighted by Gasteiger charge is -2.21. The van der Waals surface area contributed by atoms with Crippen molar-refractivity contribution in [3.05, 3.63) is 12.2 Å². The van der Waals surface area contributed by atoms with Gasteiger partial charge in [-0.2, -0.15) is 0 Å². The molecule has 1 aliphatic heterocycles. The molecule has 26 heavy (non-hydrogen) atoms. The van der Waals surface area contributed by atoms with E-state index < -0.39 is 0 Å². The second-order valence-corrected chi connectivity index (χ2v) is 6.95. The molecule has 1 atom stereocenters. The zero-order valence-electron chi connectivity index (χ0n) is 15.6. The predicted octanol–water partition coefficient (Wildman–Crippen LogP) is 1.28. The van der Waals surface area contributed by atoms with Crippen molar-refractivity contribution in [1.29, 1.82) is 0 Å². The molecule has 0 spiro atoms. The molecule has 1 saturated heterocycles. The molecule has 9 heteroatoms. The van der Waals surface area contributed by atoms with Gasteiger partial charge in [-0.1, -0.05) is 12.8 Å². The molecule has 8 nitrogen and oxygen atoms in total. The molecule has 1 aromatic rings. The Balaban J connectivity index is 0.00000243. The third-order valence-electron chi connectivity index (χ3n) is 5.07. The van der Waals surface area contributed by atoms with Gasteiger partial charge >= 0.3 is 0 Å². The van der Waals surface area contributed by atoms with Crippen molar-refractivity contribution in [2.75, 3.05) is 19.6 Å². The number of aliphatic imine (C=N–C) groups is 1. The fourth-order valence-electron chi connectivity index (χ4n) is 3.62. The lowest BCUT2D eigenvalue weighted by molar-refractivity contribution is -0.134. The molecule has 2 fully saturated rings. The van der Waals surface area contributed by atoms with Crippen LogP contribution in [0.1, 0.15) is 44.9 Å². The molecule has 1 amide bonds. The first-order valence-corrected chi connectivity index (χ1v) is 9.34. The highest BCUT2D eigenvalue weighted by atomic mass is 127. The van der Waals surface area contributed by atoms with Crippen molar-refractivity contribution in [2.45, 2.75) is 51.6 Å². The smallest absolute Gasteiger partial charge is 0.225 e. The SMILES string of the molecule is CCNC(=NCc1nncn1C)NC1CCN(C(=O)C2CCCC2)C1.I. The number of aryl methyl sites for hydroxylation is 1. The monoisotopic (exact) mass is 475 g/mol. The van der Waals surface area contributed by atoms with E-state index in [1.165, 1.54) is 12.8 Å². The number of carbonyl (C=O) groups is 1. The molecule has 1 aliphatic carbocycles. The number of hydrogen-bond acceptors (Lipinski definition) is 4. The Bertz CT molecular complexity index is 612. The highest BCUT2D eigenvalue weighted by molar-refractivity contribution is 14.0. The molecule has 0 aromatic carbocycles. The Morgan fingerprint density at radius 3 is 2.77 bits per heavy atom. The Morgan fingerprint density at radius 1 is 1.35 bits per heavy atom. The Kier molecular flexibility index (Phi) is 8.11. The summed E-state index contributed by atoms with van der Waals surface area (Å²) in [5.41, 5.74) is 0. The second-order valence-electron chi connectivity index (χ2n) is 6.95. The summed E-state index contributed by atoms with van der Waals surface area (Å²) in [6, 6.07) is 0.252. The summed E-state index contributed by atoms with van der Waals surface area (Å²) in [5, 5.41) is 14.7. The van der Waals surface area contributed by atoms with Crippen LogP contribution in [0.5, 0.6) is 0 Å². The predicted molar refractivity (Wildman–Crippen MR) is 111 cm³/mol. The largest absolute Gasteiger partial charge is 0.357 e. The van der Waals surface area contributed by atoms with Crippen LogP contribution in [0.2, 0.25) is 0 Å². The molecule has 2 aliphatic rings. The molecule has 146 valence electrons. The van der Waals surface area contributed by atoms with E-state index in [0.717, 1.165) is 50.7 Å². The number of nitrogens with one attached hydrogen (secondary N) is 2. The van der Waals surface area contributed by atoms with Gasteiger partial charge in [0.2, 0.25) is 5.91 Å². The molecular weight excluding hydrogens is 445 g/mol. The van der Waals surface area contributed by atoms with Crippen LogP contribution in [0.3, 0.4) is 0 Å². The summed E-state index contributed by atoms with van der Waals surface area (Å²) >= 11 is 0. The fraction of sp³-hybridized carbons (Fsp3) is 0.765. The first kappa shape index (κ1) is 20.9. The summed E-state index contributed by atoms with van der Waals surface area (Å²) in [7, 11) is 1.91. The summed E-state index contributed by atoms with van der Waals surface area (Å²) in [6.45, 7) is 4.93. The average molecular weight is 475 g/mol. The molecule has 3 rings (SSSR count). The summed E-state index contributed by atoms with van der Waals surface area (Å²) < 4.78 is 1.87. The minimum atomic E-state index is 0. The number of rotatable bonds is 5. The first-order valence-electron chi connectivity index (χ1n) is 9.34. The van der Waals surface area contributed by atoms with Crippen molar-refractivity contribution in [3.8, 4) is 0 Å². The number of amides is 1. The van der Waals surface area contributed by atoms with Gasteiger partial charge < -0.3 is 20.1 Å². The maximum absolute atomic E-state index is 12.6. The van der Waals surface area contributed by atoms with E-state index >= 15 is 0 Å². The van der Waals surface area contributed by atoms with E-state index in [1.54, 1.807) is 6.33 Å². The molecular formula is C17H30IN7O. The van der Waals surface area contributed by atoms with E-state index in [4.69, 9.17) is 0 Å². The minimum Gasteiger partial charge on any atom is -0.357 e. The molecule has 2 heterocycles. The van der Waals surface area contributed by atoms with Crippen LogP contribution in [0.25, 0.3) is 0 Å². The maximum atomic E-state index is 12.6. The lowest BCUT2D eigenvalue weighted by atomic mass is 10.1. The summed E-state index contributed by atoms with van der Waals surface area (Å²) in [5.74, 6) is 2.20. The van der Waals surface area contributed by atoms with Crippen molar-refractivity contribution >= 4 is 35.8 Å². The summed E-state index contributed by atoms with van der Waals surface area (Å²) in [4.78, 5) is 19.2. The number of aromatic nitrogens is 3. The first-order chi connectivity index (χ1) is 12.2. The van der Waals surface area contributed by atoms with Gasteiger partial charge in [0, 0.05) is 38.6 Å². The molecule has 2 N–H and O–H groups in total. The van der Waals surface area contributed by atoms with E-state index in [1.807, 2.05) is 23.4 Å². The van der Waals surface area contributed by atoms with E-state index in [2.05, 4.69) is 25.8 Å². The van der Waals surface area contributed by atoms with Crippen LogP contribution >= 0.6 is 24.0 Å². The van der Waals surface area contributed by atoms with Gasteiger partial charge in [0.25, 0.3) is 0 Å². The van der Waals surface area contributed by atoms with Gasteiger partial charge in [-0.15, -0.1) is 34.2 Å². The molecule has 1 saturated carbocycles. The zero-order valence-corrected chi connectivity index (χ0v) is 18.0. The maximum Gasteiger partial charge on any atom is 0.225 e. The zero-order chi connectivity index (χ0) is 17.6. The van der Waals surface area contributed by atoms with Crippen molar-refractivity contribution in [1.82, 2.24) is 30.3 Å². The Morgan fingerprint density at radius 2 is 2.12 bits per heavy atom. The second kappa shape index (κ2) is 10.1. The van der Waals surface area contributed by atoms with Crippen LogP contribution in [0.4, 0.5) is 0 Å². The number of guanidine groups is 1. The van der Waals surface area contributed by atoms with Crippen molar-refractivity contribution in [3.63, 3.8) is 0 Å². The summed E-state index contributed by atoms with van der Waals surface area (Å²) in [6.07, 6.45) is 7.17. The van der Waals surface area contributed by atoms with Crippen LogP contribution < -0.4 is 10.6 Å². The Labute approximate surface area is 172 Å². The standard InChI is InChI=1S/C17H29N7O.HI/c1-3-18-17(19-10-15-22-20-12-23(15)2)21-14-8-9-24(11-14)16(25)13-6-4-5-7-13;/h12-14H,3-11H2,1-2H3,(H2,18,19,21);1H. The van der Waals surface area contributed by atoms with Gasteiger partial charge in [-0.3, -0.25) is 4.79 Å². The Hall–Kier alpha value is -1.39. The highest BCUT2D eigenvalue weighted by Gasteiger charge is 2.32. The molecule has 1 unspecified atom stereocenters. The number of halogens is 1. The van der Waals surface area contributed by atoms with E-state index in [0.29, 0.717) is 12.5 Å². The molecule has 0 bridgehead atoms. The number of nitrogens with zero attached hydrogens (tertiary/aromatic N) is 5. The third-order valence-corrected chi connectivity index (χ3v) is 5.07. The van der Waals surface area contributed by atoms with Crippen molar-refractivity contribution in [2.24, 2.45) is 18.0 Å². The van der Waals surface area contributed by atoms with Gasteiger partial charge in [-0.05, 0) is 26.2 Å². The van der Waals surface area contributed by atoms with Gasteiger partial charge in [0.15, 0.2) is 11.8 Å². The van der Waals surface area contributed by atoms with Crippen molar-refractivity contribution < 1.29 is 4.79 Å². The number of carbonyl (C=O) groups excluding carboxylic acids is 1. The average Bonchev–Trinajstić information content (AvgIpc) is 3.35. The van der Waals surface area contributed by atoms with Crippen LogP contribution in [-0.4, -0.2) is 57.2 Å². The van der Waals surface area contributed by atoms with E-state index in [-0.39, 0.29) is 35.9 Å². The molecule has 0 radical (unpaired) electrons. The van der Waals surface area contributed by atoms with Gasteiger partial charge in [0.05, 0.1) is 0 Å². The van der Waals surface area contributed by atoms with Gasteiger partial charge in [-0.25, -0.2) is 4.99 Å². The van der Waals surface area contributed by atoms with Crippen LogP contribution in [0, 0.1) is 5.92 Å². The fourth-order valence-corrected chi connectivity index (χ4v) is 3.62.